The van der Waals surface area contributed by atoms with Gasteiger partial charge in [-0.1, -0.05) is 18.2 Å². The predicted molar refractivity (Wildman–Crippen MR) is 69.8 cm³/mol. The van der Waals surface area contributed by atoms with Crippen molar-refractivity contribution in [3.63, 3.8) is 0 Å². The molecule has 0 bridgehead atoms. The molecule has 3 heteroatoms. The first kappa shape index (κ1) is 11.9. The van der Waals surface area contributed by atoms with E-state index >= 15 is 0 Å². The summed E-state index contributed by atoms with van der Waals surface area (Å²) in [4.78, 5) is 11.6. The zero-order valence-corrected chi connectivity index (χ0v) is 10.4. The van der Waals surface area contributed by atoms with Crippen LogP contribution in [0.1, 0.15) is 27.9 Å². The number of Topliss-reactive ketones (excluding diaryl/α,β-unsaturated/α-hetero) is 1. The van der Waals surface area contributed by atoms with E-state index in [0.29, 0.717) is 18.8 Å². The smallest absolute Gasteiger partial charge is 0.163 e. The first-order valence-electron chi connectivity index (χ1n) is 6.26. The number of carbonyl (C=O) groups excluding carboxylic acids is 1. The largest absolute Gasteiger partial charge is 0.489 e. The van der Waals surface area contributed by atoms with E-state index in [1.54, 1.807) is 12.1 Å². The lowest BCUT2D eigenvalue weighted by Crippen LogP contribution is -1.98. The van der Waals surface area contributed by atoms with Gasteiger partial charge < -0.3 is 4.74 Å². The minimum Gasteiger partial charge on any atom is -0.489 e. The molecule has 0 radical (unpaired) electrons. The van der Waals surface area contributed by atoms with E-state index < -0.39 is 0 Å². The van der Waals surface area contributed by atoms with Crippen LogP contribution in [-0.2, 0) is 13.0 Å². The molecule has 0 aliphatic heterocycles. The Labute approximate surface area is 110 Å². The molecule has 0 heterocycles. The van der Waals surface area contributed by atoms with Crippen molar-refractivity contribution in [2.45, 2.75) is 19.4 Å². The van der Waals surface area contributed by atoms with Gasteiger partial charge in [0.1, 0.15) is 18.2 Å². The SMILES string of the molecule is O=C1CCc2ccc(OCc3cccc(F)c3)cc21. The first-order chi connectivity index (χ1) is 9.22. The molecule has 0 amide bonds. The summed E-state index contributed by atoms with van der Waals surface area (Å²) < 4.78 is 18.6. The van der Waals surface area contributed by atoms with Crippen LogP contribution in [-0.4, -0.2) is 5.78 Å². The molecule has 2 nitrogen and oxygen atoms in total. The lowest BCUT2D eigenvalue weighted by atomic mass is 10.1. The van der Waals surface area contributed by atoms with Crippen molar-refractivity contribution in [3.05, 3.63) is 65.0 Å². The van der Waals surface area contributed by atoms with Crippen molar-refractivity contribution >= 4 is 5.78 Å². The Kier molecular flexibility index (Phi) is 3.03. The summed E-state index contributed by atoms with van der Waals surface area (Å²) in [5.74, 6) is 0.551. The zero-order valence-electron chi connectivity index (χ0n) is 10.4. The zero-order chi connectivity index (χ0) is 13.2. The van der Waals surface area contributed by atoms with Crippen LogP contribution in [0.3, 0.4) is 0 Å². The minimum atomic E-state index is -0.273. The van der Waals surface area contributed by atoms with Gasteiger partial charge >= 0.3 is 0 Å². The molecule has 2 aromatic carbocycles. The third-order valence-electron chi connectivity index (χ3n) is 3.30. The maximum absolute atomic E-state index is 13.0. The summed E-state index contributed by atoms with van der Waals surface area (Å²) >= 11 is 0. The summed E-state index contributed by atoms with van der Waals surface area (Å²) in [5, 5.41) is 0. The Hall–Kier alpha value is -2.16. The molecule has 3 rings (SSSR count). The van der Waals surface area contributed by atoms with Gasteiger partial charge in [0.2, 0.25) is 0 Å². The van der Waals surface area contributed by atoms with Crippen LogP contribution in [0.2, 0.25) is 0 Å². The Morgan fingerprint density at radius 2 is 2.00 bits per heavy atom. The van der Waals surface area contributed by atoms with Gasteiger partial charge in [-0.3, -0.25) is 4.79 Å². The number of ketones is 1. The fourth-order valence-corrected chi connectivity index (χ4v) is 2.30. The number of aryl methyl sites for hydroxylation is 1. The number of hydrogen-bond donors (Lipinski definition) is 0. The first-order valence-corrected chi connectivity index (χ1v) is 6.26. The molecule has 1 aliphatic carbocycles. The quantitative estimate of drug-likeness (QED) is 0.839. The van der Waals surface area contributed by atoms with Crippen LogP contribution in [0, 0.1) is 5.82 Å². The molecular formula is C16H13FO2. The fraction of sp³-hybridized carbons (Fsp3) is 0.188. The second kappa shape index (κ2) is 4.84. The molecule has 0 N–H and O–H groups in total. The third-order valence-corrected chi connectivity index (χ3v) is 3.30. The van der Waals surface area contributed by atoms with Gasteiger partial charge in [-0.2, -0.15) is 0 Å². The highest BCUT2D eigenvalue weighted by Crippen LogP contribution is 2.26. The fourth-order valence-electron chi connectivity index (χ4n) is 2.30. The lowest BCUT2D eigenvalue weighted by Gasteiger charge is -2.08. The van der Waals surface area contributed by atoms with E-state index in [0.717, 1.165) is 23.1 Å². The van der Waals surface area contributed by atoms with Gasteiger partial charge in [-0.15, -0.1) is 0 Å². The highest BCUT2D eigenvalue weighted by molar-refractivity contribution is 6.00. The van der Waals surface area contributed by atoms with Gasteiger partial charge in [0, 0.05) is 12.0 Å². The number of fused-ring (bicyclic) bond motifs is 1. The molecule has 0 aromatic heterocycles. The second-order valence-electron chi connectivity index (χ2n) is 4.66. The molecule has 0 unspecified atom stereocenters. The van der Waals surface area contributed by atoms with Crippen LogP contribution >= 0.6 is 0 Å². The van der Waals surface area contributed by atoms with Gasteiger partial charge in [-0.25, -0.2) is 4.39 Å². The van der Waals surface area contributed by atoms with E-state index in [1.165, 1.54) is 12.1 Å². The van der Waals surface area contributed by atoms with E-state index in [1.807, 2.05) is 18.2 Å². The van der Waals surface area contributed by atoms with E-state index in [-0.39, 0.29) is 11.6 Å². The standard InChI is InChI=1S/C16H13FO2/c17-13-3-1-2-11(8-13)10-19-14-6-4-12-5-7-16(18)15(12)9-14/h1-4,6,8-9H,5,7,10H2. The Morgan fingerprint density at radius 3 is 2.84 bits per heavy atom. The Bertz CT molecular complexity index is 634. The van der Waals surface area contributed by atoms with Gasteiger partial charge in [-0.05, 0) is 41.8 Å². The molecule has 96 valence electrons. The molecule has 0 atom stereocenters. The summed E-state index contributed by atoms with van der Waals surface area (Å²) in [5.41, 5.74) is 2.62. The normalized spacial score (nSPS) is 13.4. The van der Waals surface area contributed by atoms with Crippen molar-refractivity contribution in [2.75, 3.05) is 0 Å². The molecule has 0 saturated heterocycles. The maximum Gasteiger partial charge on any atom is 0.163 e. The maximum atomic E-state index is 13.0. The predicted octanol–water partition coefficient (Wildman–Crippen LogP) is 3.53. The monoisotopic (exact) mass is 256 g/mol. The second-order valence-corrected chi connectivity index (χ2v) is 4.66. The van der Waals surface area contributed by atoms with E-state index in [9.17, 15) is 9.18 Å². The third kappa shape index (κ3) is 2.50. The summed E-state index contributed by atoms with van der Waals surface area (Å²) in [6.45, 7) is 0.296. The average Bonchev–Trinajstić information content (AvgIpc) is 2.78. The molecule has 0 fully saturated rings. The molecule has 1 aliphatic rings. The summed E-state index contributed by atoms with van der Waals surface area (Å²) in [7, 11) is 0. The average molecular weight is 256 g/mol. The molecule has 2 aromatic rings. The highest BCUT2D eigenvalue weighted by atomic mass is 19.1. The van der Waals surface area contributed by atoms with Crippen LogP contribution in [0.4, 0.5) is 4.39 Å². The number of carbonyl (C=O) groups is 1. The van der Waals surface area contributed by atoms with Crippen LogP contribution in [0.5, 0.6) is 5.75 Å². The van der Waals surface area contributed by atoms with Crippen molar-refractivity contribution in [1.29, 1.82) is 0 Å². The van der Waals surface area contributed by atoms with Crippen molar-refractivity contribution < 1.29 is 13.9 Å². The number of rotatable bonds is 3. The van der Waals surface area contributed by atoms with Crippen LogP contribution in [0.25, 0.3) is 0 Å². The summed E-state index contributed by atoms with van der Waals surface area (Å²) in [6, 6.07) is 11.9. The summed E-state index contributed by atoms with van der Waals surface area (Å²) in [6.07, 6.45) is 1.40. The molecule has 0 saturated carbocycles. The molecule has 19 heavy (non-hydrogen) atoms. The Morgan fingerprint density at radius 1 is 1.11 bits per heavy atom. The van der Waals surface area contributed by atoms with Crippen molar-refractivity contribution in [3.8, 4) is 5.75 Å². The molecule has 0 spiro atoms. The van der Waals surface area contributed by atoms with Crippen LogP contribution in [0.15, 0.2) is 42.5 Å². The van der Waals surface area contributed by atoms with E-state index in [4.69, 9.17) is 4.74 Å². The lowest BCUT2D eigenvalue weighted by molar-refractivity contribution is 0.0994. The number of benzene rings is 2. The van der Waals surface area contributed by atoms with Crippen LogP contribution < -0.4 is 4.74 Å². The number of hydrogen-bond acceptors (Lipinski definition) is 2. The van der Waals surface area contributed by atoms with Gasteiger partial charge in [0.15, 0.2) is 5.78 Å². The van der Waals surface area contributed by atoms with Crippen molar-refractivity contribution in [2.24, 2.45) is 0 Å². The minimum absolute atomic E-state index is 0.172. The highest BCUT2D eigenvalue weighted by Gasteiger charge is 2.19. The number of halogens is 1. The Balaban J connectivity index is 1.74. The van der Waals surface area contributed by atoms with Gasteiger partial charge in [0.25, 0.3) is 0 Å². The molecular weight excluding hydrogens is 243 g/mol. The topological polar surface area (TPSA) is 26.3 Å². The van der Waals surface area contributed by atoms with E-state index in [2.05, 4.69) is 0 Å². The van der Waals surface area contributed by atoms with Gasteiger partial charge in [0.05, 0.1) is 0 Å². The van der Waals surface area contributed by atoms with Crippen molar-refractivity contribution in [1.82, 2.24) is 0 Å². The number of ether oxygens (including phenoxy) is 1.